The van der Waals surface area contributed by atoms with E-state index >= 15 is 0 Å². The lowest BCUT2D eigenvalue weighted by Crippen LogP contribution is -2.29. The molecule has 0 atom stereocenters. The molecular formula is C20H14FN5O2S. The van der Waals surface area contributed by atoms with Crippen LogP contribution in [0.3, 0.4) is 0 Å². The zero-order chi connectivity index (χ0) is 20.2. The Morgan fingerprint density at radius 3 is 2.66 bits per heavy atom. The second kappa shape index (κ2) is 8.11. The number of benzene rings is 1. The molecule has 0 fully saturated rings. The molecule has 1 aromatic carbocycles. The van der Waals surface area contributed by atoms with Gasteiger partial charge in [0.05, 0.1) is 11.4 Å². The highest BCUT2D eigenvalue weighted by Gasteiger charge is 2.12. The quantitative estimate of drug-likeness (QED) is 0.549. The summed E-state index contributed by atoms with van der Waals surface area (Å²) < 4.78 is 15.0. The summed E-state index contributed by atoms with van der Waals surface area (Å²) in [5.41, 5.74) is 1.39. The third kappa shape index (κ3) is 4.25. The maximum absolute atomic E-state index is 14.0. The lowest BCUT2D eigenvalue weighted by atomic mass is 10.1. The van der Waals surface area contributed by atoms with Gasteiger partial charge in [0.1, 0.15) is 18.1 Å². The van der Waals surface area contributed by atoms with Crippen molar-refractivity contribution in [2.75, 3.05) is 5.32 Å². The highest BCUT2D eigenvalue weighted by molar-refractivity contribution is 7.14. The van der Waals surface area contributed by atoms with Crippen molar-refractivity contribution < 1.29 is 9.18 Å². The number of rotatable bonds is 5. The first-order chi connectivity index (χ1) is 14.1. The van der Waals surface area contributed by atoms with Gasteiger partial charge in [-0.3, -0.25) is 14.6 Å². The van der Waals surface area contributed by atoms with Crippen molar-refractivity contribution in [3.63, 3.8) is 0 Å². The molecule has 0 saturated heterocycles. The molecule has 0 unspecified atom stereocenters. The van der Waals surface area contributed by atoms with Crippen molar-refractivity contribution in [1.82, 2.24) is 19.7 Å². The van der Waals surface area contributed by atoms with Crippen molar-refractivity contribution >= 4 is 22.4 Å². The highest BCUT2D eigenvalue weighted by atomic mass is 32.1. The van der Waals surface area contributed by atoms with E-state index in [9.17, 15) is 14.0 Å². The molecule has 3 heterocycles. The summed E-state index contributed by atoms with van der Waals surface area (Å²) in [5, 5.41) is 8.92. The fourth-order valence-corrected chi connectivity index (χ4v) is 3.35. The van der Waals surface area contributed by atoms with E-state index in [2.05, 4.69) is 20.4 Å². The largest absolute Gasteiger partial charge is 0.300 e. The van der Waals surface area contributed by atoms with Gasteiger partial charge in [0.15, 0.2) is 5.13 Å². The monoisotopic (exact) mass is 407 g/mol. The Hall–Kier alpha value is -3.72. The fraction of sp³-hybridized carbons (Fsp3) is 0.0500. The minimum atomic E-state index is -0.466. The molecule has 0 bridgehead atoms. The first kappa shape index (κ1) is 18.6. The van der Waals surface area contributed by atoms with Gasteiger partial charge in [-0.05, 0) is 30.3 Å². The third-order valence-corrected chi connectivity index (χ3v) is 4.75. The van der Waals surface area contributed by atoms with Crippen LogP contribution in [0.2, 0.25) is 0 Å². The van der Waals surface area contributed by atoms with Gasteiger partial charge in [0.2, 0.25) is 5.91 Å². The Kier molecular flexibility index (Phi) is 5.21. The maximum Gasteiger partial charge on any atom is 0.267 e. The van der Waals surface area contributed by atoms with Crippen LogP contribution >= 0.6 is 11.3 Å². The first-order valence-electron chi connectivity index (χ1n) is 8.60. The summed E-state index contributed by atoms with van der Waals surface area (Å²) >= 11 is 1.25. The van der Waals surface area contributed by atoms with E-state index in [1.54, 1.807) is 35.8 Å². The predicted octanol–water partition coefficient (Wildman–Crippen LogP) is 3.21. The highest BCUT2D eigenvalue weighted by Crippen LogP contribution is 2.23. The number of carbonyl (C=O) groups excluding carboxylic acids is 1. The van der Waals surface area contributed by atoms with Gasteiger partial charge in [-0.2, -0.15) is 5.10 Å². The summed E-state index contributed by atoms with van der Waals surface area (Å²) in [7, 11) is 0. The van der Waals surface area contributed by atoms with E-state index in [0.29, 0.717) is 16.5 Å². The molecule has 0 aliphatic carbocycles. The molecule has 144 valence electrons. The normalized spacial score (nSPS) is 10.7. The van der Waals surface area contributed by atoms with Gasteiger partial charge in [-0.15, -0.1) is 11.3 Å². The smallest absolute Gasteiger partial charge is 0.267 e. The molecule has 0 aliphatic rings. The minimum Gasteiger partial charge on any atom is -0.300 e. The summed E-state index contributed by atoms with van der Waals surface area (Å²) in [5.74, 6) is -0.924. The van der Waals surface area contributed by atoms with Crippen molar-refractivity contribution in [2.24, 2.45) is 0 Å². The number of carbonyl (C=O) groups is 1. The number of halogens is 1. The van der Waals surface area contributed by atoms with Crippen LogP contribution in [-0.4, -0.2) is 25.7 Å². The molecule has 4 rings (SSSR count). The summed E-state index contributed by atoms with van der Waals surface area (Å²) in [6.45, 7) is -0.320. The van der Waals surface area contributed by atoms with Gasteiger partial charge in [0, 0.05) is 23.2 Å². The van der Waals surface area contributed by atoms with Gasteiger partial charge < -0.3 is 5.32 Å². The number of nitrogens with one attached hydrogen (secondary N) is 1. The van der Waals surface area contributed by atoms with Gasteiger partial charge in [-0.25, -0.2) is 14.1 Å². The Morgan fingerprint density at radius 2 is 1.86 bits per heavy atom. The molecule has 1 amide bonds. The third-order valence-electron chi connectivity index (χ3n) is 3.99. The molecule has 0 aliphatic heterocycles. The summed E-state index contributed by atoms with van der Waals surface area (Å²) in [4.78, 5) is 33.0. The topological polar surface area (TPSA) is 89.8 Å². The van der Waals surface area contributed by atoms with Crippen molar-refractivity contribution in [3.05, 3.63) is 82.3 Å². The van der Waals surface area contributed by atoms with Crippen LogP contribution in [0.15, 0.2) is 71.0 Å². The molecule has 7 nitrogen and oxygen atoms in total. The molecule has 1 N–H and O–H groups in total. The van der Waals surface area contributed by atoms with E-state index in [1.807, 2.05) is 12.1 Å². The predicted molar refractivity (Wildman–Crippen MR) is 108 cm³/mol. The van der Waals surface area contributed by atoms with Gasteiger partial charge in [0.25, 0.3) is 5.56 Å². The molecular weight excluding hydrogens is 393 g/mol. The SMILES string of the molecule is O=C(Cn1nc(-c2ccccc2F)ccc1=O)Nc1nc(-c2ccccn2)cs1. The van der Waals surface area contributed by atoms with Crippen molar-refractivity contribution in [1.29, 1.82) is 0 Å². The van der Waals surface area contributed by atoms with Crippen LogP contribution in [0.1, 0.15) is 0 Å². The second-order valence-corrected chi connectivity index (χ2v) is 6.85. The maximum atomic E-state index is 14.0. The zero-order valence-corrected chi connectivity index (χ0v) is 15.8. The number of anilines is 1. The lowest BCUT2D eigenvalue weighted by molar-refractivity contribution is -0.117. The number of hydrogen-bond acceptors (Lipinski definition) is 6. The molecule has 9 heteroatoms. The first-order valence-corrected chi connectivity index (χ1v) is 9.48. The van der Waals surface area contributed by atoms with Crippen LogP contribution < -0.4 is 10.9 Å². The number of hydrogen-bond donors (Lipinski definition) is 1. The Morgan fingerprint density at radius 1 is 1.03 bits per heavy atom. The second-order valence-electron chi connectivity index (χ2n) is 6.00. The van der Waals surface area contributed by atoms with Crippen LogP contribution in [0.4, 0.5) is 9.52 Å². The number of nitrogens with zero attached hydrogens (tertiary/aromatic N) is 4. The Bertz CT molecular complexity index is 1220. The number of aromatic nitrogens is 4. The van der Waals surface area contributed by atoms with E-state index in [4.69, 9.17) is 0 Å². The Balaban J connectivity index is 1.50. The van der Waals surface area contributed by atoms with Gasteiger partial charge >= 0.3 is 0 Å². The van der Waals surface area contributed by atoms with Crippen LogP contribution in [0, 0.1) is 5.82 Å². The van der Waals surface area contributed by atoms with E-state index in [1.165, 1.54) is 29.5 Å². The minimum absolute atomic E-state index is 0.251. The molecule has 0 saturated carbocycles. The average molecular weight is 407 g/mol. The van der Waals surface area contributed by atoms with Gasteiger partial charge in [-0.1, -0.05) is 18.2 Å². The van der Waals surface area contributed by atoms with Crippen molar-refractivity contribution in [2.45, 2.75) is 6.54 Å². The molecule has 0 spiro atoms. The van der Waals surface area contributed by atoms with E-state index in [0.717, 1.165) is 4.68 Å². The zero-order valence-electron chi connectivity index (χ0n) is 14.9. The van der Waals surface area contributed by atoms with Crippen molar-refractivity contribution in [3.8, 4) is 22.6 Å². The van der Waals surface area contributed by atoms with E-state index < -0.39 is 17.3 Å². The number of pyridine rings is 1. The number of amides is 1. The summed E-state index contributed by atoms with van der Waals surface area (Å²) in [6, 6.07) is 14.2. The van der Waals surface area contributed by atoms with Crippen LogP contribution in [0.5, 0.6) is 0 Å². The molecule has 4 aromatic rings. The summed E-state index contributed by atoms with van der Waals surface area (Å²) in [6.07, 6.45) is 1.66. The van der Waals surface area contributed by atoms with Crippen LogP contribution in [0.25, 0.3) is 22.6 Å². The molecule has 29 heavy (non-hydrogen) atoms. The molecule has 3 aromatic heterocycles. The average Bonchev–Trinajstić information content (AvgIpc) is 3.19. The van der Waals surface area contributed by atoms with E-state index in [-0.39, 0.29) is 17.8 Å². The Labute approximate surface area is 168 Å². The fourth-order valence-electron chi connectivity index (χ4n) is 2.63. The van der Waals surface area contributed by atoms with Crippen LogP contribution in [-0.2, 0) is 11.3 Å². The number of thiazole rings is 1. The molecule has 0 radical (unpaired) electrons. The lowest BCUT2D eigenvalue weighted by Gasteiger charge is -2.07. The standard InChI is InChI=1S/C20H14FN5O2S/c21-14-6-2-1-5-13(14)15-8-9-19(28)26(25-15)11-18(27)24-20-23-17(12-29-20)16-7-3-4-10-22-16/h1-10,12H,11H2,(H,23,24,27).